The molecule has 0 atom stereocenters. The number of hydrogen-bond acceptors (Lipinski definition) is 5. The Bertz CT molecular complexity index is 838. The Balaban J connectivity index is 1.92. The molecule has 1 aliphatic rings. The van der Waals surface area contributed by atoms with Gasteiger partial charge in [-0.3, -0.25) is 4.79 Å². The van der Waals surface area contributed by atoms with Crippen molar-refractivity contribution in [2.45, 2.75) is 0 Å². The average molecular weight is 308 g/mol. The van der Waals surface area contributed by atoms with Crippen molar-refractivity contribution in [3.05, 3.63) is 48.3 Å². The van der Waals surface area contributed by atoms with Crippen LogP contribution in [0.5, 0.6) is 0 Å². The van der Waals surface area contributed by atoms with Crippen LogP contribution in [-0.4, -0.2) is 47.2 Å². The average Bonchev–Trinajstić information content (AvgIpc) is 3.02. The van der Waals surface area contributed by atoms with Gasteiger partial charge in [-0.2, -0.15) is 5.10 Å². The van der Waals surface area contributed by atoms with Crippen LogP contribution in [0.15, 0.2) is 42.6 Å². The molecule has 0 bridgehead atoms. The standard InChI is InChI=1S/C17H16N4O2/c22-12-14-16(13-4-2-1-3-5-13)21-17(19-14)15(6-7-18-21)20-8-10-23-11-9-20/h1-7,12H,8-11H2. The first kappa shape index (κ1) is 13.9. The number of benzene rings is 1. The molecule has 0 radical (unpaired) electrons. The lowest BCUT2D eigenvalue weighted by molar-refractivity contribution is 0.112. The van der Waals surface area contributed by atoms with Crippen LogP contribution >= 0.6 is 0 Å². The summed E-state index contributed by atoms with van der Waals surface area (Å²) < 4.78 is 7.17. The normalized spacial score (nSPS) is 15.0. The van der Waals surface area contributed by atoms with Crippen LogP contribution in [0, 0.1) is 0 Å². The number of morpholine rings is 1. The zero-order chi connectivity index (χ0) is 15.6. The van der Waals surface area contributed by atoms with Crippen LogP contribution in [0.1, 0.15) is 10.5 Å². The number of aldehydes is 1. The van der Waals surface area contributed by atoms with Gasteiger partial charge in [-0.25, -0.2) is 9.50 Å². The topological polar surface area (TPSA) is 59.7 Å². The Labute approximate surface area is 133 Å². The molecule has 3 heterocycles. The quantitative estimate of drug-likeness (QED) is 0.693. The number of ether oxygens (including phenoxy) is 1. The SMILES string of the molecule is O=Cc1nc2c(N3CCOCC3)ccnn2c1-c1ccccc1. The maximum Gasteiger partial charge on any atom is 0.178 e. The molecule has 0 saturated carbocycles. The second-order valence-corrected chi connectivity index (χ2v) is 5.38. The number of carbonyl (C=O) groups is 1. The van der Waals surface area contributed by atoms with Gasteiger partial charge in [0.15, 0.2) is 11.9 Å². The first-order valence-corrected chi connectivity index (χ1v) is 7.59. The van der Waals surface area contributed by atoms with Crippen molar-refractivity contribution >= 4 is 17.6 Å². The largest absolute Gasteiger partial charge is 0.378 e. The summed E-state index contributed by atoms with van der Waals surface area (Å²) in [6, 6.07) is 11.7. The van der Waals surface area contributed by atoms with Crippen molar-refractivity contribution in [2.75, 3.05) is 31.2 Å². The Hall–Kier alpha value is -2.73. The molecule has 0 aliphatic carbocycles. The van der Waals surface area contributed by atoms with Gasteiger partial charge in [-0.15, -0.1) is 0 Å². The van der Waals surface area contributed by atoms with E-state index in [1.165, 1.54) is 0 Å². The summed E-state index contributed by atoms with van der Waals surface area (Å²) in [4.78, 5) is 18.3. The molecule has 1 aliphatic heterocycles. The Kier molecular flexibility index (Phi) is 3.51. The van der Waals surface area contributed by atoms with Gasteiger partial charge >= 0.3 is 0 Å². The van der Waals surface area contributed by atoms with Gasteiger partial charge < -0.3 is 9.64 Å². The van der Waals surface area contributed by atoms with Crippen molar-refractivity contribution in [3.63, 3.8) is 0 Å². The third-order valence-electron chi connectivity index (χ3n) is 4.04. The molecule has 3 aromatic rings. The molecule has 1 saturated heterocycles. The first-order valence-electron chi connectivity index (χ1n) is 7.59. The second kappa shape index (κ2) is 5.81. The maximum absolute atomic E-state index is 11.5. The number of carbonyl (C=O) groups excluding carboxylic acids is 1. The number of nitrogens with zero attached hydrogens (tertiary/aromatic N) is 4. The highest BCUT2D eigenvalue weighted by molar-refractivity contribution is 5.88. The molecule has 0 N–H and O–H groups in total. The summed E-state index contributed by atoms with van der Waals surface area (Å²) in [6.45, 7) is 3.01. The van der Waals surface area contributed by atoms with E-state index < -0.39 is 0 Å². The van der Waals surface area contributed by atoms with E-state index in [4.69, 9.17) is 4.74 Å². The molecular weight excluding hydrogens is 292 g/mol. The fraction of sp³-hybridized carbons (Fsp3) is 0.235. The lowest BCUT2D eigenvalue weighted by atomic mass is 10.1. The van der Waals surface area contributed by atoms with Gasteiger partial charge in [0.25, 0.3) is 0 Å². The molecule has 2 aromatic heterocycles. The summed E-state index contributed by atoms with van der Waals surface area (Å²) in [6.07, 6.45) is 2.54. The lowest BCUT2D eigenvalue weighted by Crippen LogP contribution is -2.36. The Morgan fingerprint density at radius 1 is 1.09 bits per heavy atom. The van der Waals surface area contributed by atoms with E-state index in [0.717, 1.165) is 36.3 Å². The molecule has 1 fully saturated rings. The zero-order valence-corrected chi connectivity index (χ0v) is 12.6. The predicted octanol–water partition coefficient (Wildman–Crippen LogP) is 2.05. The third-order valence-corrected chi connectivity index (χ3v) is 4.04. The van der Waals surface area contributed by atoms with Gasteiger partial charge in [-0.1, -0.05) is 30.3 Å². The van der Waals surface area contributed by atoms with E-state index in [2.05, 4.69) is 15.0 Å². The number of hydrogen-bond donors (Lipinski definition) is 0. The van der Waals surface area contributed by atoms with Crippen molar-refractivity contribution in [1.29, 1.82) is 0 Å². The summed E-state index contributed by atoms with van der Waals surface area (Å²) >= 11 is 0. The minimum absolute atomic E-state index is 0.407. The van der Waals surface area contributed by atoms with E-state index in [-0.39, 0.29) is 0 Å². The number of anilines is 1. The van der Waals surface area contributed by atoms with Crippen molar-refractivity contribution in [2.24, 2.45) is 0 Å². The van der Waals surface area contributed by atoms with E-state index in [1.807, 2.05) is 36.4 Å². The molecule has 1 aromatic carbocycles. The summed E-state index contributed by atoms with van der Waals surface area (Å²) in [5, 5.41) is 4.42. The fourth-order valence-electron chi connectivity index (χ4n) is 2.95. The Morgan fingerprint density at radius 2 is 1.87 bits per heavy atom. The number of fused-ring (bicyclic) bond motifs is 1. The highest BCUT2D eigenvalue weighted by atomic mass is 16.5. The number of rotatable bonds is 3. The van der Waals surface area contributed by atoms with Crippen LogP contribution in [0.3, 0.4) is 0 Å². The lowest BCUT2D eigenvalue weighted by Gasteiger charge is -2.28. The van der Waals surface area contributed by atoms with Gasteiger partial charge in [0.1, 0.15) is 11.4 Å². The molecule has 4 rings (SSSR count). The maximum atomic E-state index is 11.5. The molecule has 0 unspecified atom stereocenters. The van der Waals surface area contributed by atoms with Crippen LogP contribution < -0.4 is 4.90 Å². The highest BCUT2D eigenvalue weighted by Gasteiger charge is 2.20. The molecule has 6 heteroatoms. The molecule has 116 valence electrons. The summed E-state index contributed by atoms with van der Waals surface area (Å²) in [5.41, 5.74) is 3.74. The number of imidazole rings is 1. The van der Waals surface area contributed by atoms with Crippen LogP contribution in [0.25, 0.3) is 16.9 Å². The van der Waals surface area contributed by atoms with Gasteiger partial charge in [0.2, 0.25) is 0 Å². The summed E-state index contributed by atoms with van der Waals surface area (Å²) in [5.74, 6) is 0. The second-order valence-electron chi connectivity index (χ2n) is 5.38. The third kappa shape index (κ3) is 2.37. The zero-order valence-electron chi connectivity index (χ0n) is 12.6. The highest BCUT2D eigenvalue weighted by Crippen LogP contribution is 2.28. The smallest absolute Gasteiger partial charge is 0.178 e. The minimum Gasteiger partial charge on any atom is -0.378 e. The monoisotopic (exact) mass is 308 g/mol. The van der Waals surface area contributed by atoms with Crippen LogP contribution in [0.4, 0.5) is 5.69 Å². The van der Waals surface area contributed by atoms with Gasteiger partial charge in [-0.05, 0) is 6.07 Å². The van der Waals surface area contributed by atoms with E-state index in [1.54, 1.807) is 10.7 Å². The van der Waals surface area contributed by atoms with Crippen molar-refractivity contribution < 1.29 is 9.53 Å². The van der Waals surface area contributed by atoms with E-state index in [9.17, 15) is 4.79 Å². The number of aromatic nitrogens is 3. The minimum atomic E-state index is 0.407. The molecule has 23 heavy (non-hydrogen) atoms. The fourth-order valence-corrected chi connectivity index (χ4v) is 2.95. The van der Waals surface area contributed by atoms with Crippen LogP contribution in [-0.2, 0) is 4.74 Å². The summed E-state index contributed by atoms with van der Waals surface area (Å²) in [7, 11) is 0. The van der Waals surface area contributed by atoms with Gasteiger partial charge in [0.05, 0.1) is 25.1 Å². The van der Waals surface area contributed by atoms with E-state index >= 15 is 0 Å². The van der Waals surface area contributed by atoms with Crippen molar-refractivity contribution in [1.82, 2.24) is 14.6 Å². The first-order chi connectivity index (χ1) is 11.4. The van der Waals surface area contributed by atoms with Crippen LogP contribution in [0.2, 0.25) is 0 Å². The molecular formula is C17H16N4O2. The molecule has 0 spiro atoms. The molecule has 6 nitrogen and oxygen atoms in total. The van der Waals surface area contributed by atoms with Crippen molar-refractivity contribution in [3.8, 4) is 11.3 Å². The predicted molar refractivity (Wildman–Crippen MR) is 86.8 cm³/mol. The van der Waals surface area contributed by atoms with Gasteiger partial charge in [0, 0.05) is 18.7 Å². The Morgan fingerprint density at radius 3 is 2.61 bits per heavy atom. The molecule has 0 amide bonds. The van der Waals surface area contributed by atoms with E-state index in [0.29, 0.717) is 24.6 Å².